The molecule has 0 heterocycles. The predicted octanol–water partition coefficient (Wildman–Crippen LogP) is 2.04. The van der Waals surface area contributed by atoms with Crippen molar-refractivity contribution in [1.82, 2.24) is 4.90 Å². The summed E-state index contributed by atoms with van der Waals surface area (Å²) in [6, 6.07) is 0. The van der Waals surface area contributed by atoms with Gasteiger partial charge in [-0.25, -0.2) is 0 Å². The Kier molecular flexibility index (Phi) is 6.12. The van der Waals surface area contributed by atoms with E-state index in [0.717, 1.165) is 6.54 Å². The highest BCUT2D eigenvalue weighted by Gasteiger charge is 2.30. The molecule has 1 aliphatic rings. The number of amidine groups is 1. The SMILES string of the molecule is CC(C)C(C(=O)N(C)CC1CCCCC1)C(N)=NO. The van der Waals surface area contributed by atoms with Gasteiger partial charge in [-0.15, -0.1) is 0 Å². The monoisotopic (exact) mass is 269 g/mol. The Labute approximate surface area is 115 Å². The molecule has 0 saturated heterocycles. The molecule has 1 fully saturated rings. The Morgan fingerprint density at radius 1 is 1.37 bits per heavy atom. The fraction of sp³-hybridized carbons (Fsp3) is 0.857. The van der Waals surface area contributed by atoms with Crippen molar-refractivity contribution >= 4 is 11.7 Å². The number of nitrogens with zero attached hydrogens (tertiary/aromatic N) is 2. The van der Waals surface area contributed by atoms with Crippen molar-refractivity contribution in [3.05, 3.63) is 0 Å². The summed E-state index contributed by atoms with van der Waals surface area (Å²) in [5.41, 5.74) is 5.64. The lowest BCUT2D eigenvalue weighted by Crippen LogP contribution is -2.44. The number of nitrogens with two attached hydrogens (primary N) is 1. The highest BCUT2D eigenvalue weighted by atomic mass is 16.4. The van der Waals surface area contributed by atoms with E-state index in [2.05, 4.69) is 5.16 Å². The standard InChI is InChI=1S/C14H27N3O2/c1-10(2)12(13(15)16-19)14(18)17(3)9-11-7-5-4-6-8-11/h10-12,19H,4-9H2,1-3H3,(H2,15,16). The van der Waals surface area contributed by atoms with Crippen LogP contribution in [0, 0.1) is 17.8 Å². The minimum absolute atomic E-state index is 0.00972. The molecule has 1 unspecified atom stereocenters. The Bertz CT molecular complexity index is 323. The van der Waals surface area contributed by atoms with Crippen molar-refractivity contribution in [2.45, 2.75) is 46.0 Å². The maximum absolute atomic E-state index is 12.4. The zero-order chi connectivity index (χ0) is 14.4. The van der Waals surface area contributed by atoms with Crippen LogP contribution in [-0.4, -0.2) is 35.4 Å². The lowest BCUT2D eigenvalue weighted by molar-refractivity contribution is -0.133. The maximum atomic E-state index is 12.4. The third kappa shape index (κ3) is 4.40. The van der Waals surface area contributed by atoms with E-state index in [4.69, 9.17) is 10.9 Å². The average Bonchev–Trinajstić information content (AvgIpc) is 2.39. The highest BCUT2D eigenvalue weighted by Crippen LogP contribution is 2.25. The first kappa shape index (κ1) is 15.8. The lowest BCUT2D eigenvalue weighted by atomic mass is 9.88. The molecule has 1 aliphatic carbocycles. The molecule has 0 aromatic carbocycles. The van der Waals surface area contributed by atoms with E-state index < -0.39 is 5.92 Å². The maximum Gasteiger partial charge on any atom is 0.233 e. The Morgan fingerprint density at radius 3 is 2.42 bits per heavy atom. The summed E-state index contributed by atoms with van der Waals surface area (Å²) < 4.78 is 0. The van der Waals surface area contributed by atoms with Gasteiger partial charge in [0.15, 0.2) is 5.84 Å². The van der Waals surface area contributed by atoms with E-state index in [0.29, 0.717) is 5.92 Å². The predicted molar refractivity (Wildman–Crippen MR) is 75.9 cm³/mol. The fourth-order valence-corrected chi connectivity index (χ4v) is 2.90. The second kappa shape index (κ2) is 7.36. The van der Waals surface area contributed by atoms with Gasteiger partial charge in [-0.05, 0) is 24.7 Å². The summed E-state index contributed by atoms with van der Waals surface area (Å²) in [6.45, 7) is 4.60. The second-order valence-corrected chi connectivity index (χ2v) is 5.97. The fourth-order valence-electron chi connectivity index (χ4n) is 2.90. The number of carbonyl (C=O) groups is 1. The topological polar surface area (TPSA) is 78.9 Å². The summed E-state index contributed by atoms with van der Waals surface area (Å²) in [6.07, 6.45) is 6.25. The minimum atomic E-state index is -0.529. The number of hydrogen-bond donors (Lipinski definition) is 2. The molecule has 1 rings (SSSR count). The Morgan fingerprint density at radius 2 is 1.95 bits per heavy atom. The zero-order valence-electron chi connectivity index (χ0n) is 12.3. The average molecular weight is 269 g/mol. The van der Waals surface area contributed by atoms with Crippen molar-refractivity contribution in [2.75, 3.05) is 13.6 Å². The number of carbonyl (C=O) groups excluding carboxylic acids is 1. The second-order valence-electron chi connectivity index (χ2n) is 5.97. The van der Waals surface area contributed by atoms with Gasteiger partial charge in [0.2, 0.25) is 5.91 Å². The molecule has 110 valence electrons. The quantitative estimate of drug-likeness (QED) is 0.347. The van der Waals surface area contributed by atoms with E-state index >= 15 is 0 Å². The third-order valence-corrected chi connectivity index (χ3v) is 4.00. The molecule has 5 nitrogen and oxygen atoms in total. The molecule has 1 saturated carbocycles. The summed E-state index contributed by atoms with van der Waals surface area (Å²) in [7, 11) is 1.82. The molecule has 3 N–H and O–H groups in total. The van der Waals surface area contributed by atoms with Gasteiger partial charge in [-0.2, -0.15) is 0 Å². The van der Waals surface area contributed by atoms with Crippen molar-refractivity contribution in [2.24, 2.45) is 28.6 Å². The summed E-state index contributed by atoms with van der Waals surface area (Å²) in [5, 5.41) is 11.8. The molecule has 0 radical (unpaired) electrons. The van der Waals surface area contributed by atoms with Gasteiger partial charge >= 0.3 is 0 Å². The van der Waals surface area contributed by atoms with Crippen LogP contribution in [0.4, 0.5) is 0 Å². The van der Waals surface area contributed by atoms with Crippen molar-refractivity contribution in [1.29, 1.82) is 0 Å². The van der Waals surface area contributed by atoms with Crippen LogP contribution in [0.3, 0.4) is 0 Å². The van der Waals surface area contributed by atoms with Gasteiger partial charge in [-0.1, -0.05) is 38.3 Å². The number of amides is 1. The summed E-state index contributed by atoms with van der Waals surface area (Å²) in [4.78, 5) is 14.2. The van der Waals surface area contributed by atoms with Crippen LogP contribution in [0.25, 0.3) is 0 Å². The largest absolute Gasteiger partial charge is 0.409 e. The van der Waals surface area contributed by atoms with E-state index in [1.165, 1.54) is 32.1 Å². The number of rotatable bonds is 5. The zero-order valence-corrected chi connectivity index (χ0v) is 12.3. The molecule has 19 heavy (non-hydrogen) atoms. The molecule has 1 atom stereocenters. The van der Waals surface area contributed by atoms with Gasteiger partial charge in [-0.3, -0.25) is 4.79 Å². The molecule has 0 spiro atoms. The highest BCUT2D eigenvalue weighted by molar-refractivity contribution is 6.02. The van der Waals surface area contributed by atoms with Crippen LogP contribution in [0.2, 0.25) is 0 Å². The molecule has 0 bridgehead atoms. The lowest BCUT2D eigenvalue weighted by Gasteiger charge is -2.30. The molecule has 0 aromatic rings. The molecular formula is C14H27N3O2. The Balaban J connectivity index is 2.62. The molecule has 0 aromatic heterocycles. The molecular weight excluding hydrogens is 242 g/mol. The summed E-state index contributed by atoms with van der Waals surface area (Å²) in [5.74, 6) is 0.0602. The summed E-state index contributed by atoms with van der Waals surface area (Å²) >= 11 is 0. The normalized spacial score (nSPS) is 19.5. The molecule has 5 heteroatoms. The first-order valence-electron chi connectivity index (χ1n) is 7.19. The van der Waals surface area contributed by atoms with Gasteiger partial charge < -0.3 is 15.8 Å². The van der Waals surface area contributed by atoms with Crippen LogP contribution in [0.15, 0.2) is 5.16 Å². The first-order chi connectivity index (χ1) is 8.97. The first-order valence-corrected chi connectivity index (χ1v) is 7.19. The molecule has 1 amide bonds. The Hall–Kier alpha value is -1.26. The third-order valence-electron chi connectivity index (χ3n) is 4.00. The van der Waals surface area contributed by atoms with Gasteiger partial charge in [0, 0.05) is 13.6 Å². The van der Waals surface area contributed by atoms with Crippen molar-refractivity contribution < 1.29 is 10.0 Å². The van der Waals surface area contributed by atoms with E-state index in [-0.39, 0.29) is 17.7 Å². The van der Waals surface area contributed by atoms with E-state index in [9.17, 15) is 4.79 Å². The van der Waals surface area contributed by atoms with Crippen LogP contribution in [-0.2, 0) is 4.79 Å². The van der Waals surface area contributed by atoms with Crippen LogP contribution >= 0.6 is 0 Å². The van der Waals surface area contributed by atoms with Crippen molar-refractivity contribution in [3.63, 3.8) is 0 Å². The van der Waals surface area contributed by atoms with Crippen LogP contribution in [0.5, 0.6) is 0 Å². The van der Waals surface area contributed by atoms with E-state index in [1.54, 1.807) is 4.90 Å². The van der Waals surface area contributed by atoms with Crippen LogP contribution < -0.4 is 5.73 Å². The van der Waals surface area contributed by atoms with Gasteiger partial charge in [0.05, 0.1) is 0 Å². The van der Waals surface area contributed by atoms with Crippen molar-refractivity contribution in [3.8, 4) is 0 Å². The molecule has 0 aliphatic heterocycles. The number of hydrogen-bond acceptors (Lipinski definition) is 3. The smallest absolute Gasteiger partial charge is 0.233 e. The number of oxime groups is 1. The minimum Gasteiger partial charge on any atom is -0.409 e. The van der Waals surface area contributed by atoms with Gasteiger partial charge in [0.1, 0.15) is 5.92 Å². The van der Waals surface area contributed by atoms with Gasteiger partial charge in [0.25, 0.3) is 0 Å². The van der Waals surface area contributed by atoms with Crippen LogP contribution in [0.1, 0.15) is 46.0 Å². The van der Waals surface area contributed by atoms with E-state index in [1.807, 2.05) is 20.9 Å².